The number of anilines is 1. The average molecular weight is 362 g/mol. The van der Waals surface area contributed by atoms with Crippen LogP contribution in [0.5, 0.6) is 0 Å². The molecule has 0 bridgehead atoms. The molecule has 0 saturated carbocycles. The van der Waals surface area contributed by atoms with Gasteiger partial charge in [0.1, 0.15) is 0 Å². The molecule has 0 amide bonds. The van der Waals surface area contributed by atoms with Crippen LogP contribution >= 0.6 is 23.6 Å². The van der Waals surface area contributed by atoms with E-state index >= 15 is 0 Å². The molecular formula is C19H27N3S2. The lowest BCUT2D eigenvalue weighted by Gasteiger charge is -2.27. The van der Waals surface area contributed by atoms with Crippen molar-refractivity contribution in [3.8, 4) is 0 Å². The molecule has 2 aromatic rings. The number of nitrogens with one attached hydrogen (secondary N) is 1. The highest BCUT2D eigenvalue weighted by Crippen LogP contribution is 2.21. The predicted molar refractivity (Wildman–Crippen MR) is 110 cm³/mol. The zero-order chi connectivity index (χ0) is 17.5. The number of para-hydroxylation sites is 1. The molecule has 0 unspecified atom stereocenters. The Labute approximate surface area is 155 Å². The molecule has 1 N–H and O–H groups in total. The van der Waals surface area contributed by atoms with Crippen LogP contribution < -0.4 is 5.32 Å². The lowest BCUT2D eigenvalue weighted by Crippen LogP contribution is -2.36. The van der Waals surface area contributed by atoms with Gasteiger partial charge in [0, 0.05) is 17.1 Å². The SMILES string of the molecule is Cc1cccc(C)c1NC(=S)N(CCCN(C)C)Cc1cccs1. The highest BCUT2D eigenvalue weighted by atomic mass is 32.1. The highest BCUT2D eigenvalue weighted by molar-refractivity contribution is 7.80. The van der Waals surface area contributed by atoms with Gasteiger partial charge < -0.3 is 15.1 Å². The molecule has 5 heteroatoms. The van der Waals surface area contributed by atoms with E-state index in [9.17, 15) is 0 Å². The van der Waals surface area contributed by atoms with Gasteiger partial charge in [0.2, 0.25) is 0 Å². The molecule has 0 fully saturated rings. The van der Waals surface area contributed by atoms with Crippen molar-refractivity contribution in [1.82, 2.24) is 9.80 Å². The van der Waals surface area contributed by atoms with E-state index in [2.05, 4.69) is 78.8 Å². The lowest BCUT2D eigenvalue weighted by atomic mass is 10.1. The van der Waals surface area contributed by atoms with Crippen LogP contribution in [0, 0.1) is 13.8 Å². The van der Waals surface area contributed by atoms with Crippen LogP contribution in [-0.2, 0) is 6.54 Å². The third-order valence-electron chi connectivity index (χ3n) is 3.96. The van der Waals surface area contributed by atoms with Crippen LogP contribution in [0.4, 0.5) is 5.69 Å². The van der Waals surface area contributed by atoms with Crippen LogP contribution in [0.2, 0.25) is 0 Å². The van der Waals surface area contributed by atoms with Gasteiger partial charge in [-0.05, 0) is 75.7 Å². The standard InChI is InChI=1S/C19H27N3S2/c1-15-8-5-9-16(2)18(15)20-19(23)22(12-7-11-21(3)4)14-17-10-6-13-24-17/h5-6,8-10,13H,7,11-12,14H2,1-4H3,(H,20,23). The Kier molecular flexibility index (Phi) is 7.21. The first-order chi connectivity index (χ1) is 11.5. The van der Waals surface area contributed by atoms with Gasteiger partial charge in [-0.1, -0.05) is 24.3 Å². The van der Waals surface area contributed by atoms with Gasteiger partial charge >= 0.3 is 0 Å². The maximum absolute atomic E-state index is 5.73. The van der Waals surface area contributed by atoms with E-state index in [1.165, 1.54) is 16.0 Å². The zero-order valence-corrected chi connectivity index (χ0v) is 16.6. The van der Waals surface area contributed by atoms with Crippen molar-refractivity contribution in [2.24, 2.45) is 0 Å². The van der Waals surface area contributed by atoms with Gasteiger partial charge in [0.05, 0.1) is 6.54 Å². The Balaban J connectivity index is 2.08. The van der Waals surface area contributed by atoms with E-state index in [0.717, 1.165) is 36.9 Å². The molecule has 0 atom stereocenters. The minimum atomic E-state index is 0.805. The molecule has 24 heavy (non-hydrogen) atoms. The van der Waals surface area contributed by atoms with Crippen LogP contribution in [-0.4, -0.2) is 42.1 Å². The van der Waals surface area contributed by atoms with Crippen LogP contribution in [0.3, 0.4) is 0 Å². The monoisotopic (exact) mass is 361 g/mol. The molecule has 0 aliphatic carbocycles. The Morgan fingerprint density at radius 3 is 2.38 bits per heavy atom. The molecule has 2 rings (SSSR count). The van der Waals surface area contributed by atoms with Crippen molar-refractivity contribution in [3.05, 3.63) is 51.7 Å². The molecule has 0 radical (unpaired) electrons. The fraction of sp³-hybridized carbons (Fsp3) is 0.421. The van der Waals surface area contributed by atoms with Gasteiger partial charge in [0.25, 0.3) is 0 Å². The summed E-state index contributed by atoms with van der Waals surface area (Å²) in [6.07, 6.45) is 1.09. The fourth-order valence-corrected chi connectivity index (χ4v) is 3.60. The van der Waals surface area contributed by atoms with E-state index in [4.69, 9.17) is 12.2 Å². The summed E-state index contributed by atoms with van der Waals surface area (Å²) in [5.41, 5.74) is 3.58. The third-order valence-corrected chi connectivity index (χ3v) is 5.18. The second-order valence-electron chi connectivity index (χ2n) is 6.35. The van der Waals surface area contributed by atoms with Crippen LogP contribution in [0.1, 0.15) is 22.4 Å². The summed E-state index contributed by atoms with van der Waals surface area (Å²) < 4.78 is 0. The van der Waals surface area contributed by atoms with Gasteiger partial charge in [0.15, 0.2) is 5.11 Å². The normalized spacial score (nSPS) is 10.9. The number of hydrogen-bond donors (Lipinski definition) is 1. The van der Waals surface area contributed by atoms with Crippen molar-refractivity contribution in [3.63, 3.8) is 0 Å². The van der Waals surface area contributed by atoms with Crippen molar-refractivity contribution >= 4 is 34.4 Å². The van der Waals surface area contributed by atoms with Crippen molar-refractivity contribution < 1.29 is 0 Å². The van der Waals surface area contributed by atoms with Crippen molar-refractivity contribution in [1.29, 1.82) is 0 Å². The molecule has 1 aromatic carbocycles. The van der Waals surface area contributed by atoms with E-state index < -0.39 is 0 Å². The molecule has 0 aliphatic rings. The van der Waals surface area contributed by atoms with Crippen LogP contribution in [0.15, 0.2) is 35.7 Å². The number of hydrogen-bond acceptors (Lipinski definition) is 3. The summed E-state index contributed by atoms with van der Waals surface area (Å²) >= 11 is 7.52. The topological polar surface area (TPSA) is 18.5 Å². The number of thiophene rings is 1. The first-order valence-corrected chi connectivity index (χ1v) is 9.55. The predicted octanol–water partition coefficient (Wildman–Crippen LogP) is 4.52. The minimum Gasteiger partial charge on any atom is -0.344 e. The van der Waals surface area contributed by atoms with E-state index in [-0.39, 0.29) is 0 Å². The number of benzene rings is 1. The van der Waals surface area contributed by atoms with Crippen LogP contribution in [0.25, 0.3) is 0 Å². The van der Waals surface area contributed by atoms with E-state index in [1.54, 1.807) is 11.3 Å². The Bertz CT molecular complexity index is 630. The second-order valence-corrected chi connectivity index (χ2v) is 7.77. The smallest absolute Gasteiger partial charge is 0.173 e. The third kappa shape index (κ3) is 5.58. The maximum Gasteiger partial charge on any atom is 0.173 e. The average Bonchev–Trinajstić information content (AvgIpc) is 3.02. The number of thiocarbonyl (C=S) groups is 1. The molecule has 0 aliphatic heterocycles. The van der Waals surface area contributed by atoms with Gasteiger partial charge in [-0.25, -0.2) is 0 Å². The van der Waals surface area contributed by atoms with E-state index in [0.29, 0.717) is 0 Å². The van der Waals surface area contributed by atoms with Crippen molar-refractivity contribution in [2.75, 3.05) is 32.5 Å². The summed E-state index contributed by atoms with van der Waals surface area (Å²) in [6, 6.07) is 10.6. The molecular weight excluding hydrogens is 334 g/mol. The maximum atomic E-state index is 5.73. The molecule has 0 saturated heterocycles. The molecule has 1 aromatic heterocycles. The number of aryl methyl sites for hydroxylation is 2. The van der Waals surface area contributed by atoms with Gasteiger partial charge in [-0.15, -0.1) is 11.3 Å². The molecule has 3 nitrogen and oxygen atoms in total. The molecule has 1 heterocycles. The first-order valence-electron chi connectivity index (χ1n) is 8.26. The summed E-state index contributed by atoms with van der Waals surface area (Å²) in [5, 5.41) is 6.40. The lowest BCUT2D eigenvalue weighted by molar-refractivity contribution is 0.347. The fourth-order valence-electron chi connectivity index (χ4n) is 2.62. The van der Waals surface area contributed by atoms with Crippen molar-refractivity contribution in [2.45, 2.75) is 26.8 Å². The van der Waals surface area contributed by atoms with Gasteiger partial charge in [-0.3, -0.25) is 0 Å². The number of nitrogens with zero attached hydrogens (tertiary/aromatic N) is 2. The second kappa shape index (κ2) is 9.16. The first kappa shape index (κ1) is 18.9. The van der Waals surface area contributed by atoms with E-state index in [1.807, 2.05) is 0 Å². The minimum absolute atomic E-state index is 0.805. The number of rotatable bonds is 7. The highest BCUT2D eigenvalue weighted by Gasteiger charge is 2.13. The Morgan fingerprint density at radius 1 is 1.08 bits per heavy atom. The molecule has 0 spiro atoms. The quantitative estimate of drug-likeness (QED) is 0.731. The zero-order valence-electron chi connectivity index (χ0n) is 15.0. The Hall–Kier alpha value is -1.43. The van der Waals surface area contributed by atoms with Gasteiger partial charge in [-0.2, -0.15) is 0 Å². The summed E-state index contributed by atoms with van der Waals surface area (Å²) in [4.78, 5) is 5.83. The summed E-state index contributed by atoms with van der Waals surface area (Å²) in [6.45, 7) is 7.11. The molecule has 130 valence electrons. The largest absolute Gasteiger partial charge is 0.344 e. The summed E-state index contributed by atoms with van der Waals surface area (Å²) in [7, 11) is 4.22. The summed E-state index contributed by atoms with van der Waals surface area (Å²) in [5.74, 6) is 0. The Morgan fingerprint density at radius 2 is 1.79 bits per heavy atom.